The third kappa shape index (κ3) is 1.18. The molecule has 64 valence electrons. The van der Waals surface area contributed by atoms with E-state index in [1.165, 1.54) is 4.91 Å². The summed E-state index contributed by atoms with van der Waals surface area (Å²) in [6, 6.07) is 0. The molecule has 1 saturated heterocycles. The molecule has 0 aromatic heterocycles. The van der Waals surface area contributed by atoms with Crippen LogP contribution in [0.15, 0.2) is 23.1 Å². The molecule has 2 aliphatic rings. The first kappa shape index (κ1) is 7.92. The summed E-state index contributed by atoms with van der Waals surface area (Å²) in [6.45, 7) is 0. The highest BCUT2D eigenvalue weighted by molar-refractivity contribution is 8.03. The van der Waals surface area contributed by atoms with Crippen LogP contribution in [0.5, 0.6) is 0 Å². The highest BCUT2D eigenvalue weighted by Crippen LogP contribution is 2.43. The van der Waals surface area contributed by atoms with Gasteiger partial charge in [0.25, 0.3) is 0 Å². The SMILES string of the molecule is O=C(O)C1C=CC=C2SCCC21. The smallest absolute Gasteiger partial charge is 0.311 e. The molecule has 1 fully saturated rings. The molecule has 2 unspecified atom stereocenters. The molecule has 0 amide bonds. The molecule has 0 aromatic rings. The van der Waals surface area contributed by atoms with Crippen LogP contribution in [0.1, 0.15) is 6.42 Å². The summed E-state index contributed by atoms with van der Waals surface area (Å²) < 4.78 is 0. The Morgan fingerprint density at radius 1 is 1.67 bits per heavy atom. The second kappa shape index (κ2) is 2.98. The van der Waals surface area contributed by atoms with Gasteiger partial charge in [-0.05, 0) is 17.1 Å². The van der Waals surface area contributed by atoms with E-state index in [-0.39, 0.29) is 11.8 Å². The molecule has 0 radical (unpaired) electrons. The van der Waals surface area contributed by atoms with Gasteiger partial charge in [-0.2, -0.15) is 0 Å². The molecule has 1 aliphatic carbocycles. The number of hydrogen-bond acceptors (Lipinski definition) is 2. The van der Waals surface area contributed by atoms with E-state index < -0.39 is 5.97 Å². The first-order chi connectivity index (χ1) is 5.79. The number of carbonyl (C=O) groups is 1. The number of hydrogen-bond donors (Lipinski definition) is 1. The van der Waals surface area contributed by atoms with Crippen molar-refractivity contribution in [2.45, 2.75) is 6.42 Å². The van der Waals surface area contributed by atoms with Gasteiger partial charge < -0.3 is 5.11 Å². The van der Waals surface area contributed by atoms with E-state index in [0.29, 0.717) is 0 Å². The van der Waals surface area contributed by atoms with Crippen LogP contribution in [0.3, 0.4) is 0 Å². The second-order valence-electron chi connectivity index (χ2n) is 3.06. The third-order valence-corrected chi connectivity index (χ3v) is 3.57. The molecular weight excluding hydrogens is 172 g/mol. The Bertz CT molecular complexity index is 268. The Morgan fingerprint density at radius 2 is 2.50 bits per heavy atom. The lowest BCUT2D eigenvalue weighted by atomic mass is 9.86. The van der Waals surface area contributed by atoms with E-state index in [9.17, 15) is 4.79 Å². The van der Waals surface area contributed by atoms with Crippen molar-refractivity contribution < 1.29 is 9.90 Å². The summed E-state index contributed by atoms with van der Waals surface area (Å²) >= 11 is 1.79. The molecular formula is C9H10O2S. The third-order valence-electron chi connectivity index (χ3n) is 2.36. The minimum absolute atomic E-state index is 0.262. The molecule has 0 saturated carbocycles. The number of carboxylic acid groups (broad SMARTS) is 1. The van der Waals surface area contributed by atoms with Gasteiger partial charge in [0.2, 0.25) is 0 Å². The number of fused-ring (bicyclic) bond motifs is 1. The van der Waals surface area contributed by atoms with Crippen molar-refractivity contribution >= 4 is 17.7 Å². The first-order valence-corrected chi connectivity index (χ1v) is 5.01. The average Bonchev–Trinajstić information content (AvgIpc) is 2.49. The molecule has 3 heteroatoms. The number of rotatable bonds is 1. The first-order valence-electron chi connectivity index (χ1n) is 4.03. The molecule has 0 bridgehead atoms. The monoisotopic (exact) mass is 182 g/mol. The van der Waals surface area contributed by atoms with Crippen molar-refractivity contribution in [2.75, 3.05) is 5.75 Å². The highest BCUT2D eigenvalue weighted by atomic mass is 32.2. The Hall–Kier alpha value is -0.700. The van der Waals surface area contributed by atoms with E-state index in [0.717, 1.165) is 12.2 Å². The zero-order valence-electron chi connectivity index (χ0n) is 6.56. The van der Waals surface area contributed by atoms with Gasteiger partial charge in [-0.25, -0.2) is 0 Å². The van der Waals surface area contributed by atoms with Gasteiger partial charge in [-0.3, -0.25) is 4.79 Å². The van der Waals surface area contributed by atoms with Crippen LogP contribution >= 0.6 is 11.8 Å². The van der Waals surface area contributed by atoms with E-state index in [4.69, 9.17) is 5.11 Å². The topological polar surface area (TPSA) is 37.3 Å². The van der Waals surface area contributed by atoms with Crippen molar-refractivity contribution in [2.24, 2.45) is 11.8 Å². The molecule has 0 aromatic carbocycles. The quantitative estimate of drug-likeness (QED) is 0.673. The van der Waals surface area contributed by atoms with Crippen molar-refractivity contribution in [1.82, 2.24) is 0 Å². The van der Waals surface area contributed by atoms with Crippen LogP contribution < -0.4 is 0 Å². The normalized spacial score (nSPS) is 32.8. The maximum atomic E-state index is 10.8. The molecule has 1 aliphatic heterocycles. The van der Waals surface area contributed by atoms with Gasteiger partial charge in [0.05, 0.1) is 5.92 Å². The van der Waals surface area contributed by atoms with Crippen LogP contribution in [0.25, 0.3) is 0 Å². The van der Waals surface area contributed by atoms with Crippen LogP contribution in [-0.4, -0.2) is 16.8 Å². The minimum atomic E-state index is -0.690. The van der Waals surface area contributed by atoms with Gasteiger partial charge in [0, 0.05) is 5.92 Å². The minimum Gasteiger partial charge on any atom is -0.481 e. The zero-order chi connectivity index (χ0) is 8.55. The summed E-state index contributed by atoms with van der Waals surface area (Å²) in [4.78, 5) is 12.1. The Labute approximate surface area is 75.3 Å². The molecule has 2 atom stereocenters. The maximum Gasteiger partial charge on any atom is 0.311 e. The average molecular weight is 182 g/mol. The molecule has 0 spiro atoms. The summed E-state index contributed by atoms with van der Waals surface area (Å²) in [5, 5.41) is 8.90. The lowest BCUT2D eigenvalue weighted by Gasteiger charge is -2.19. The molecule has 12 heavy (non-hydrogen) atoms. The Balaban J connectivity index is 2.24. The predicted octanol–water partition coefficient (Wildman–Crippen LogP) is 1.89. The lowest BCUT2D eigenvalue weighted by Crippen LogP contribution is -2.22. The lowest BCUT2D eigenvalue weighted by molar-refractivity contribution is -0.141. The van der Waals surface area contributed by atoms with E-state index in [1.807, 2.05) is 12.2 Å². The van der Waals surface area contributed by atoms with Crippen molar-refractivity contribution in [3.05, 3.63) is 23.1 Å². The standard InChI is InChI=1S/C9H10O2S/c10-9(11)7-2-1-3-8-6(7)4-5-12-8/h1-3,6-7H,4-5H2,(H,10,11). The molecule has 1 N–H and O–H groups in total. The van der Waals surface area contributed by atoms with Crippen LogP contribution in [-0.2, 0) is 4.79 Å². The van der Waals surface area contributed by atoms with Gasteiger partial charge in [-0.1, -0.05) is 18.2 Å². The fraction of sp³-hybridized carbons (Fsp3) is 0.444. The maximum absolute atomic E-state index is 10.8. The summed E-state index contributed by atoms with van der Waals surface area (Å²) in [5.74, 6) is 0.365. The van der Waals surface area contributed by atoms with Gasteiger partial charge >= 0.3 is 5.97 Å². The van der Waals surface area contributed by atoms with E-state index >= 15 is 0 Å². The molecule has 1 heterocycles. The van der Waals surface area contributed by atoms with Gasteiger partial charge in [-0.15, -0.1) is 11.8 Å². The largest absolute Gasteiger partial charge is 0.481 e. The Morgan fingerprint density at radius 3 is 3.25 bits per heavy atom. The van der Waals surface area contributed by atoms with Crippen molar-refractivity contribution in [3.63, 3.8) is 0 Å². The van der Waals surface area contributed by atoms with Crippen LogP contribution in [0.4, 0.5) is 0 Å². The van der Waals surface area contributed by atoms with Crippen molar-refractivity contribution in [3.8, 4) is 0 Å². The Kier molecular flexibility index (Phi) is 1.97. The van der Waals surface area contributed by atoms with Crippen molar-refractivity contribution in [1.29, 1.82) is 0 Å². The van der Waals surface area contributed by atoms with Crippen LogP contribution in [0, 0.1) is 11.8 Å². The number of thioether (sulfide) groups is 1. The van der Waals surface area contributed by atoms with E-state index in [1.54, 1.807) is 17.8 Å². The number of aliphatic carboxylic acids is 1. The number of allylic oxidation sites excluding steroid dienone is 3. The molecule has 2 nitrogen and oxygen atoms in total. The predicted molar refractivity (Wildman–Crippen MR) is 48.9 cm³/mol. The van der Waals surface area contributed by atoms with Crippen LogP contribution in [0.2, 0.25) is 0 Å². The van der Waals surface area contributed by atoms with Gasteiger partial charge in [0.1, 0.15) is 0 Å². The fourth-order valence-corrected chi connectivity index (χ4v) is 3.00. The summed E-state index contributed by atoms with van der Waals surface area (Å²) in [7, 11) is 0. The zero-order valence-corrected chi connectivity index (χ0v) is 7.38. The summed E-state index contributed by atoms with van der Waals surface area (Å²) in [6.07, 6.45) is 6.71. The number of carboxylic acids is 1. The highest BCUT2D eigenvalue weighted by Gasteiger charge is 2.33. The fourth-order valence-electron chi connectivity index (χ4n) is 1.74. The molecule has 2 rings (SSSR count). The second-order valence-corrected chi connectivity index (χ2v) is 4.23. The van der Waals surface area contributed by atoms with Gasteiger partial charge in [0.15, 0.2) is 0 Å². The summed E-state index contributed by atoms with van der Waals surface area (Å²) in [5.41, 5.74) is 0. The van der Waals surface area contributed by atoms with E-state index in [2.05, 4.69) is 0 Å².